The maximum atomic E-state index is 5.68. The minimum Gasteiger partial charge on any atom is -0.486 e. The summed E-state index contributed by atoms with van der Waals surface area (Å²) in [5.41, 5.74) is 2.34. The van der Waals surface area contributed by atoms with E-state index in [1.165, 1.54) is 5.56 Å². The standard InChI is InChI=1S/C13H16N2O/c1-10-5-4-6-12(7-10)16-9-13-14-8-11(2)15(13)3/h4-8H,9H2,1-3H3. The van der Waals surface area contributed by atoms with Gasteiger partial charge in [0.15, 0.2) is 0 Å². The van der Waals surface area contributed by atoms with E-state index in [0.717, 1.165) is 17.3 Å². The van der Waals surface area contributed by atoms with Crippen molar-refractivity contribution >= 4 is 0 Å². The van der Waals surface area contributed by atoms with E-state index >= 15 is 0 Å². The molecule has 0 amide bonds. The number of rotatable bonds is 3. The van der Waals surface area contributed by atoms with E-state index in [0.29, 0.717) is 6.61 Å². The van der Waals surface area contributed by atoms with E-state index in [9.17, 15) is 0 Å². The zero-order chi connectivity index (χ0) is 11.5. The number of ether oxygens (including phenoxy) is 1. The zero-order valence-electron chi connectivity index (χ0n) is 9.90. The third-order valence-corrected chi connectivity index (χ3v) is 2.67. The Bertz CT molecular complexity index is 488. The van der Waals surface area contributed by atoms with Crippen molar-refractivity contribution in [2.24, 2.45) is 7.05 Å². The maximum Gasteiger partial charge on any atom is 0.146 e. The molecule has 1 heterocycles. The molecule has 84 valence electrons. The van der Waals surface area contributed by atoms with Gasteiger partial charge in [-0.25, -0.2) is 4.98 Å². The number of aryl methyl sites for hydroxylation is 2. The van der Waals surface area contributed by atoms with Crippen LogP contribution in [0.4, 0.5) is 0 Å². The van der Waals surface area contributed by atoms with Crippen LogP contribution in [-0.2, 0) is 13.7 Å². The zero-order valence-corrected chi connectivity index (χ0v) is 9.90. The van der Waals surface area contributed by atoms with E-state index in [1.54, 1.807) is 0 Å². The first kappa shape index (κ1) is 10.7. The third kappa shape index (κ3) is 2.24. The van der Waals surface area contributed by atoms with E-state index in [1.807, 2.05) is 42.9 Å². The molecule has 1 aromatic heterocycles. The van der Waals surface area contributed by atoms with Crippen LogP contribution in [0.15, 0.2) is 30.5 Å². The van der Waals surface area contributed by atoms with Gasteiger partial charge >= 0.3 is 0 Å². The van der Waals surface area contributed by atoms with Gasteiger partial charge < -0.3 is 9.30 Å². The Labute approximate surface area is 95.7 Å². The summed E-state index contributed by atoms with van der Waals surface area (Å²) in [6.45, 7) is 4.59. The molecule has 2 rings (SSSR count). The normalized spacial score (nSPS) is 10.4. The van der Waals surface area contributed by atoms with Crippen molar-refractivity contribution in [3.63, 3.8) is 0 Å². The van der Waals surface area contributed by atoms with Gasteiger partial charge in [0.25, 0.3) is 0 Å². The lowest BCUT2D eigenvalue weighted by molar-refractivity contribution is 0.291. The monoisotopic (exact) mass is 216 g/mol. The number of imidazole rings is 1. The summed E-state index contributed by atoms with van der Waals surface area (Å²) in [4.78, 5) is 4.29. The van der Waals surface area contributed by atoms with Crippen LogP contribution in [-0.4, -0.2) is 9.55 Å². The van der Waals surface area contributed by atoms with E-state index < -0.39 is 0 Å². The second-order valence-corrected chi connectivity index (χ2v) is 3.98. The number of benzene rings is 1. The van der Waals surface area contributed by atoms with Crippen molar-refractivity contribution in [3.8, 4) is 5.75 Å². The van der Waals surface area contributed by atoms with Crippen molar-refractivity contribution < 1.29 is 4.74 Å². The Morgan fingerprint density at radius 2 is 2.12 bits per heavy atom. The molecule has 0 saturated heterocycles. The van der Waals surface area contributed by atoms with Gasteiger partial charge in [0.05, 0.1) is 0 Å². The summed E-state index contributed by atoms with van der Waals surface area (Å²) in [7, 11) is 2.00. The van der Waals surface area contributed by atoms with Crippen LogP contribution >= 0.6 is 0 Å². The lowest BCUT2D eigenvalue weighted by Gasteiger charge is -2.07. The van der Waals surface area contributed by atoms with Crippen LogP contribution in [0.25, 0.3) is 0 Å². The highest BCUT2D eigenvalue weighted by atomic mass is 16.5. The predicted molar refractivity (Wildman–Crippen MR) is 63.5 cm³/mol. The Hall–Kier alpha value is -1.77. The van der Waals surface area contributed by atoms with Gasteiger partial charge in [-0.3, -0.25) is 0 Å². The Kier molecular flexibility index (Phi) is 2.95. The molecule has 0 atom stereocenters. The van der Waals surface area contributed by atoms with Crippen molar-refractivity contribution in [2.75, 3.05) is 0 Å². The SMILES string of the molecule is Cc1cccc(OCc2ncc(C)n2C)c1. The fraction of sp³-hybridized carbons (Fsp3) is 0.308. The quantitative estimate of drug-likeness (QED) is 0.788. The molecular weight excluding hydrogens is 200 g/mol. The van der Waals surface area contributed by atoms with Crippen LogP contribution in [0.5, 0.6) is 5.75 Å². The summed E-state index contributed by atoms with van der Waals surface area (Å²) in [5.74, 6) is 1.83. The van der Waals surface area contributed by atoms with Gasteiger partial charge in [-0.15, -0.1) is 0 Å². The van der Waals surface area contributed by atoms with Crippen LogP contribution in [0.2, 0.25) is 0 Å². The Morgan fingerprint density at radius 1 is 1.31 bits per heavy atom. The molecule has 3 heteroatoms. The third-order valence-electron chi connectivity index (χ3n) is 2.67. The lowest BCUT2D eigenvalue weighted by atomic mass is 10.2. The molecule has 16 heavy (non-hydrogen) atoms. The summed E-state index contributed by atoms with van der Waals surface area (Å²) >= 11 is 0. The first-order chi connectivity index (χ1) is 7.66. The molecule has 0 spiro atoms. The molecule has 0 bridgehead atoms. The molecule has 2 aromatic rings. The van der Waals surface area contributed by atoms with Crippen molar-refractivity contribution in [2.45, 2.75) is 20.5 Å². The van der Waals surface area contributed by atoms with Crippen molar-refractivity contribution in [3.05, 3.63) is 47.5 Å². The van der Waals surface area contributed by atoms with E-state index in [-0.39, 0.29) is 0 Å². The molecule has 0 saturated carbocycles. The molecule has 0 aliphatic carbocycles. The molecule has 0 N–H and O–H groups in total. The van der Waals surface area contributed by atoms with Crippen LogP contribution in [0.1, 0.15) is 17.1 Å². The lowest BCUT2D eigenvalue weighted by Crippen LogP contribution is -2.04. The molecule has 0 unspecified atom stereocenters. The minimum absolute atomic E-state index is 0.508. The van der Waals surface area contributed by atoms with Crippen LogP contribution < -0.4 is 4.74 Å². The molecular formula is C13H16N2O. The average molecular weight is 216 g/mol. The van der Waals surface area contributed by atoms with Crippen LogP contribution in [0, 0.1) is 13.8 Å². The number of hydrogen-bond donors (Lipinski definition) is 0. The van der Waals surface area contributed by atoms with Gasteiger partial charge in [-0.1, -0.05) is 12.1 Å². The first-order valence-electron chi connectivity index (χ1n) is 5.33. The van der Waals surface area contributed by atoms with Gasteiger partial charge in [0, 0.05) is 18.9 Å². The summed E-state index contributed by atoms with van der Waals surface area (Å²) in [6, 6.07) is 8.03. The molecule has 0 aliphatic rings. The largest absolute Gasteiger partial charge is 0.486 e. The highest BCUT2D eigenvalue weighted by Gasteiger charge is 2.03. The second kappa shape index (κ2) is 4.39. The predicted octanol–water partition coefficient (Wildman–Crippen LogP) is 2.62. The second-order valence-electron chi connectivity index (χ2n) is 3.98. The molecule has 3 nitrogen and oxygen atoms in total. The van der Waals surface area contributed by atoms with E-state index in [4.69, 9.17) is 4.74 Å². The number of nitrogens with zero attached hydrogens (tertiary/aromatic N) is 2. The van der Waals surface area contributed by atoms with E-state index in [2.05, 4.69) is 18.0 Å². The number of hydrogen-bond acceptors (Lipinski definition) is 2. The van der Waals surface area contributed by atoms with Gasteiger partial charge in [0.1, 0.15) is 18.2 Å². The van der Waals surface area contributed by atoms with Gasteiger partial charge in [0.2, 0.25) is 0 Å². The number of aromatic nitrogens is 2. The average Bonchev–Trinajstić information content (AvgIpc) is 2.57. The summed E-state index contributed by atoms with van der Waals surface area (Å²) < 4.78 is 7.72. The summed E-state index contributed by atoms with van der Waals surface area (Å²) in [6.07, 6.45) is 1.86. The van der Waals surface area contributed by atoms with Gasteiger partial charge in [-0.2, -0.15) is 0 Å². The van der Waals surface area contributed by atoms with Gasteiger partial charge in [-0.05, 0) is 31.5 Å². The molecule has 1 aromatic carbocycles. The molecule has 0 aliphatic heterocycles. The molecule has 0 fully saturated rings. The fourth-order valence-electron chi connectivity index (χ4n) is 1.53. The Morgan fingerprint density at radius 3 is 2.75 bits per heavy atom. The smallest absolute Gasteiger partial charge is 0.146 e. The van der Waals surface area contributed by atoms with Crippen LogP contribution in [0.3, 0.4) is 0 Å². The Balaban J connectivity index is 2.05. The maximum absolute atomic E-state index is 5.68. The van der Waals surface area contributed by atoms with Crippen molar-refractivity contribution in [1.82, 2.24) is 9.55 Å². The highest BCUT2D eigenvalue weighted by molar-refractivity contribution is 5.27. The highest BCUT2D eigenvalue weighted by Crippen LogP contribution is 2.14. The minimum atomic E-state index is 0.508. The molecule has 0 radical (unpaired) electrons. The summed E-state index contributed by atoms with van der Waals surface area (Å²) in [5, 5.41) is 0. The first-order valence-corrected chi connectivity index (χ1v) is 5.33. The topological polar surface area (TPSA) is 27.1 Å². The fourth-order valence-corrected chi connectivity index (χ4v) is 1.53. The van der Waals surface area contributed by atoms with Crippen molar-refractivity contribution in [1.29, 1.82) is 0 Å².